The molecule has 0 aromatic heterocycles. The number of fused-ring (bicyclic) bond motifs is 2. The van der Waals surface area contributed by atoms with Gasteiger partial charge in [0.2, 0.25) is 0 Å². The highest BCUT2D eigenvalue weighted by atomic mass is 16.8. The third-order valence-electron chi connectivity index (χ3n) is 4.90. The van der Waals surface area contributed by atoms with Crippen LogP contribution in [0, 0.1) is 11.8 Å². The second-order valence-corrected chi connectivity index (χ2v) is 6.42. The first-order valence-electron chi connectivity index (χ1n) is 7.70. The lowest BCUT2D eigenvalue weighted by atomic mass is 9.94. The van der Waals surface area contributed by atoms with Crippen LogP contribution in [0.3, 0.4) is 0 Å². The second kappa shape index (κ2) is 5.89. The van der Waals surface area contributed by atoms with Crippen LogP contribution in [0.2, 0.25) is 0 Å². The number of ether oxygens (including phenoxy) is 4. The molecule has 116 valence electrons. The molecule has 0 aromatic rings. The monoisotopic (exact) mass is 286 g/mol. The topological polar surface area (TPSA) is 57.2 Å². The quantitative estimate of drug-likeness (QED) is 0.845. The lowest BCUT2D eigenvalue weighted by Gasteiger charge is -2.31. The van der Waals surface area contributed by atoms with Gasteiger partial charge in [-0.25, -0.2) is 0 Å². The van der Waals surface area contributed by atoms with E-state index in [1.807, 2.05) is 0 Å². The first-order chi connectivity index (χ1) is 9.68. The summed E-state index contributed by atoms with van der Waals surface area (Å²) in [4.78, 5) is 0. The molecule has 5 heteroatoms. The Morgan fingerprint density at radius 1 is 1.10 bits per heavy atom. The van der Waals surface area contributed by atoms with Gasteiger partial charge in [-0.3, -0.25) is 0 Å². The molecule has 1 spiro atoms. The minimum Gasteiger partial charge on any atom is -0.393 e. The molecular weight excluding hydrogens is 260 g/mol. The molecule has 0 aromatic carbocycles. The maximum absolute atomic E-state index is 9.89. The van der Waals surface area contributed by atoms with Crippen molar-refractivity contribution in [1.29, 1.82) is 0 Å². The third kappa shape index (κ3) is 2.74. The van der Waals surface area contributed by atoms with Gasteiger partial charge in [0.25, 0.3) is 0 Å². The minimum atomic E-state index is -0.461. The molecule has 2 aliphatic carbocycles. The van der Waals surface area contributed by atoms with Crippen LogP contribution in [0.25, 0.3) is 0 Å². The van der Waals surface area contributed by atoms with Crippen LogP contribution >= 0.6 is 0 Å². The van der Waals surface area contributed by atoms with Crippen molar-refractivity contribution in [2.24, 2.45) is 11.8 Å². The largest absolute Gasteiger partial charge is 0.393 e. The van der Waals surface area contributed by atoms with Gasteiger partial charge >= 0.3 is 0 Å². The molecule has 1 heterocycles. The Labute approximate surface area is 120 Å². The Morgan fingerprint density at radius 3 is 2.35 bits per heavy atom. The molecule has 1 aliphatic heterocycles. The average Bonchev–Trinajstić information content (AvgIpc) is 3.07. The molecule has 3 aliphatic rings. The van der Waals surface area contributed by atoms with E-state index >= 15 is 0 Å². The molecule has 0 bridgehead atoms. The molecular formula is C15H26O5. The molecule has 5 nitrogen and oxygen atoms in total. The van der Waals surface area contributed by atoms with Crippen LogP contribution in [0.1, 0.15) is 32.1 Å². The van der Waals surface area contributed by atoms with E-state index in [2.05, 4.69) is 0 Å². The third-order valence-corrected chi connectivity index (χ3v) is 4.90. The first kappa shape index (κ1) is 14.7. The van der Waals surface area contributed by atoms with Crippen LogP contribution in [0.4, 0.5) is 0 Å². The van der Waals surface area contributed by atoms with E-state index in [1.165, 1.54) is 0 Å². The summed E-state index contributed by atoms with van der Waals surface area (Å²) >= 11 is 0. The van der Waals surface area contributed by atoms with E-state index in [9.17, 15) is 5.11 Å². The average molecular weight is 286 g/mol. The Kier molecular flexibility index (Phi) is 4.34. The highest BCUT2D eigenvalue weighted by Gasteiger charge is 2.60. The van der Waals surface area contributed by atoms with Crippen molar-refractivity contribution in [3.05, 3.63) is 0 Å². The molecule has 0 amide bonds. The van der Waals surface area contributed by atoms with Crippen molar-refractivity contribution in [2.45, 2.75) is 56.2 Å². The summed E-state index contributed by atoms with van der Waals surface area (Å²) in [6, 6.07) is 0. The zero-order valence-electron chi connectivity index (χ0n) is 12.4. The van der Waals surface area contributed by atoms with Gasteiger partial charge in [0.1, 0.15) is 12.2 Å². The van der Waals surface area contributed by atoms with E-state index in [1.54, 1.807) is 14.2 Å². The van der Waals surface area contributed by atoms with Gasteiger partial charge in [-0.15, -0.1) is 0 Å². The standard InChI is InChI=1S/C15H26O5/c1-17-8-13-14(9-18-2)20-15(19-13)5-3-4-11(16)6-10-7-12(10)15/h10-14,16H,3-9H2,1-2H3/t10-,11+,12+,13-,14-/m0/s1. The first-order valence-corrected chi connectivity index (χ1v) is 7.70. The molecule has 5 atom stereocenters. The summed E-state index contributed by atoms with van der Waals surface area (Å²) in [7, 11) is 3.37. The number of hydrogen-bond donors (Lipinski definition) is 1. The zero-order chi connectivity index (χ0) is 14.2. The van der Waals surface area contributed by atoms with E-state index < -0.39 is 5.79 Å². The van der Waals surface area contributed by atoms with Gasteiger partial charge in [-0.2, -0.15) is 0 Å². The maximum Gasteiger partial charge on any atom is 0.172 e. The number of methoxy groups -OCH3 is 2. The normalized spacial score (nSPS) is 43.0. The fraction of sp³-hybridized carbons (Fsp3) is 1.00. The Bertz CT molecular complexity index is 320. The number of aliphatic hydroxyl groups excluding tert-OH is 1. The van der Waals surface area contributed by atoms with Gasteiger partial charge in [0.05, 0.1) is 19.3 Å². The maximum atomic E-state index is 9.89. The molecule has 2 saturated carbocycles. The van der Waals surface area contributed by atoms with E-state index in [0.717, 1.165) is 32.1 Å². The van der Waals surface area contributed by atoms with Crippen LogP contribution in [0.15, 0.2) is 0 Å². The molecule has 20 heavy (non-hydrogen) atoms. The number of rotatable bonds is 4. The summed E-state index contributed by atoms with van der Waals surface area (Å²) in [6.07, 6.45) is 4.42. The van der Waals surface area contributed by atoms with Gasteiger partial charge in [-0.1, -0.05) is 0 Å². The minimum absolute atomic E-state index is 0.0504. The lowest BCUT2D eigenvalue weighted by molar-refractivity contribution is -0.206. The Balaban J connectivity index is 1.71. The molecule has 1 N–H and O–H groups in total. The molecule has 1 saturated heterocycles. The van der Waals surface area contributed by atoms with E-state index in [4.69, 9.17) is 18.9 Å². The van der Waals surface area contributed by atoms with E-state index in [-0.39, 0.29) is 18.3 Å². The van der Waals surface area contributed by atoms with Crippen LogP contribution in [-0.2, 0) is 18.9 Å². The Morgan fingerprint density at radius 2 is 1.75 bits per heavy atom. The fourth-order valence-electron chi connectivity index (χ4n) is 3.88. The van der Waals surface area contributed by atoms with Crippen LogP contribution < -0.4 is 0 Å². The number of aliphatic hydroxyl groups is 1. The highest BCUT2D eigenvalue weighted by Crippen LogP contribution is 2.57. The zero-order valence-corrected chi connectivity index (χ0v) is 12.4. The predicted octanol–water partition coefficient (Wildman–Crippen LogP) is 1.33. The lowest BCUT2D eigenvalue weighted by Crippen LogP contribution is -2.37. The van der Waals surface area contributed by atoms with Gasteiger partial charge in [-0.05, 0) is 31.6 Å². The molecule has 0 unspecified atom stereocenters. The van der Waals surface area contributed by atoms with Gasteiger partial charge < -0.3 is 24.1 Å². The summed E-state index contributed by atoms with van der Waals surface area (Å²) < 4.78 is 23.1. The van der Waals surface area contributed by atoms with Crippen molar-refractivity contribution in [2.75, 3.05) is 27.4 Å². The van der Waals surface area contributed by atoms with Crippen molar-refractivity contribution in [3.63, 3.8) is 0 Å². The summed E-state index contributed by atoms with van der Waals surface area (Å²) in [5.41, 5.74) is 0. The SMILES string of the molecule is COC[C@@H]1OC2(CCC[C@@H](O)C[C@H]3C[C@H]32)O[C@H]1COC. The summed E-state index contributed by atoms with van der Waals surface area (Å²) in [5.74, 6) is 0.519. The van der Waals surface area contributed by atoms with Crippen molar-refractivity contribution in [1.82, 2.24) is 0 Å². The second-order valence-electron chi connectivity index (χ2n) is 6.42. The summed E-state index contributed by atoms with van der Waals surface area (Å²) in [5, 5.41) is 9.89. The van der Waals surface area contributed by atoms with Crippen molar-refractivity contribution >= 4 is 0 Å². The van der Waals surface area contributed by atoms with Crippen LogP contribution in [0.5, 0.6) is 0 Å². The predicted molar refractivity (Wildman–Crippen MR) is 72.3 cm³/mol. The highest BCUT2D eigenvalue weighted by molar-refractivity contribution is 5.03. The van der Waals surface area contributed by atoms with Gasteiger partial charge in [0, 0.05) is 26.6 Å². The molecule has 3 rings (SSSR count). The number of hydrogen-bond acceptors (Lipinski definition) is 5. The van der Waals surface area contributed by atoms with Crippen LogP contribution in [-0.4, -0.2) is 56.6 Å². The van der Waals surface area contributed by atoms with E-state index in [0.29, 0.717) is 25.0 Å². The fourth-order valence-corrected chi connectivity index (χ4v) is 3.88. The smallest absolute Gasteiger partial charge is 0.172 e. The summed E-state index contributed by atoms with van der Waals surface area (Å²) in [6.45, 7) is 1.07. The van der Waals surface area contributed by atoms with Crippen molar-refractivity contribution < 1.29 is 24.1 Å². The van der Waals surface area contributed by atoms with Crippen molar-refractivity contribution in [3.8, 4) is 0 Å². The van der Waals surface area contributed by atoms with Gasteiger partial charge in [0.15, 0.2) is 5.79 Å². The molecule has 0 radical (unpaired) electrons. The Hall–Kier alpha value is -0.200. The molecule has 3 fully saturated rings.